The Bertz CT molecular complexity index is 713. The molecule has 126 valence electrons. The van der Waals surface area contributed by atoms with Crippen LogP contribution in [0.4, 0.5) is 0 Å². The molecule has 0 aliphatic heterocycles. The van der Waals surface area contributed by atoms with Crippen LogP contribution in [-0.4, -0.2) is 29.4 Å². The van der Waals surface area contributed by atoms with Gasteiger partial charge in [0.1, 0.15) is 11.5 Å². The van der Waals surface area contributed by atoms with Gasteiger partial charge in [-0.1, -0.05) is 0 Å². The number of nitrogens with zero attached hydrogens (tertiary/aromatic N) is 2. The minimum absolute atomic E-state index is 0.111. The Morgan fingerprint density at radius 2 is 1.91 bits per heavy atom. The third kappa shape index (κ3) is 3.47. The zero-order chi connectivity index (χ0) is 17.1. The molecule has 0 spiro atoms. The van der Waals surface area contributed by atoms with Crippen molar-refractivity contribution in [2.45, 2.75) is 47.7 Å². The first kappa shape index (κ1) is 17.3. The smallest absolute Gasteiger partial charge is 0.255 e. The summed E-state index contributed by atoms with van der Waals surface area (Å²) in [5, 5.41) is 7.48. The number of aryl methyl sites for hydroxylation is 3. The van der Waals surface area contributed by atoms with E-state index >= 15 is 0 Å². The molecule has 1 N–H and O–H groups in total. The van der Waals surface area contributed by atoms with E-state index in [-0.39, 0.29) is 5.91 Å². The summed E-state index contributed by atoms with van der Waals surface area (Å²) in [6.07, 6.45) is 0. The number of carbonyl (C=O) groups excluding carboxylic acids is 1. The van der Waals surface area contributed by atoms with Gasteiger partial charge in [-0.25, -0.2) is 0 Å². The molecule has 0 bridgehead atoms. The van der Waals surface area contributed by atoms with E-state index in [1.54, 1.807) is 7.11 Å². The topological polar surface area (TPSA) is 69.3 Å². The number of amides is 1. The molecule has 2 heterocycles. The Labute approximate surface area is 136 Å². The van der Waals surface area contributed by atoms with Crippen LogP contribution in [0.2, 0.25) is 0 Å². The molecule has 1 amide bonds. The summed E-state index contributed by atoms with van der Waals surface area (Å²) in [6.45, 7) is 11.3. The lowest BCUT2D eigenvalue weighted by molar-refractivity contribution is 0.0949. The highest BCUT2D eigenvalue weighted by molar-refractivity contribution is 5.96. The molecule has 23 heavy (non-hydrogen) atoms. The summed E-state index contributed by atoms with van der Waals surface area (Å²) < 4.78 is 12.5. The molecule has 2 aromatic heterocycles. The fraction of sp³-hybridized carbons (Fsp3) is 0.529. The fourth-order valence-corrected chi connectivity index (χ4v) is 2.77. The normalized spacial score (nSPS) is 11.0. The molecule has 0 unspecified atom stereocenters. The second kappa shape index (κ2) is 7.00. The average molecular weight is 319 g/mol. The summed E-state index contributed by atoms with van der Waals surface area (Å²) in [6, 6.07) is 0. The van der Waals surface area contributed by atoms with E-state index in [0.29, 0.717) is 31.0 Å². The second-order valence-corrected chi connectivity index (χ2v) is 5.76. The van der Waals surface area contributed by atoms with Gasteiger partial charge in [-0.05, 0) is 34.6 Å². The molecule has 0 aliphatic carbocycles. The summed E-state index contributed by atoms with van der Waals surface area (Å²) in [5.41, 5.74) is 4.55. The molecule has 0 atom stereocenters. The van der Waals surface area contributed by atoms with Crippen molar-refractivity contribution in [2.24, 2.45) is 0 Å². The molecule has 6 heteroatoms. The van der Waals surface area contributed by atoms with Crippen molar-refractivity contribution in [3.8, 4) is 0 Å². The molecule has 2 aromatic rings. The van der Waals surface area contributed by atoms with Crippen LogP contribution in [0.5, 0.6) is 0 Å². The minimum Gasteiger partial charge on any atom is -0.466 e. The largest absolute Gasteiger partial charge is 0.466 e. The Balaban J connectivity index is 2.12. The lowest BCUT2D eigenvalue weighted by Gasteiger charge is -2.07. The predicted molar refractivity (Wildman–Crippen MR) is 87.7 cm³/mol. The van der Waals surface area contributed by atoms with E-state index in [1.807, 2.05) is 39.3 Å². The quantitative estimate of drug-likeness (QED) is 0.888. The van der Waals surface area contributed by atoms with Crippen molar-refractivity contribution in [3.05, 3.63) is 39.6 Å². The Morgan fingerprint density at radius 3 is 2.48 bits per heavy atom. The molecule has 0 fully saturated rings. The van der Waals surface area contributed by atoms with Crippen molar-refractivity contribution < 1.29 is 13.9 Å². The van der Waals surface area contributed by atoms with Crippen molar-refractivity contribution in [1.82, 2.24) is 15.1 Å². The number of aromatic nitrogens is 2. The number of methoxy groups -OCH3 is 1. The highest BCUT2D eigenvalue weighted by Gasteiger charge is 2.19. The molecule has 0 aliphatic rings. The summed E-state index contributed by atoms with van der Waals surface area (Å²) >= 11 is 0. The number of ether oxygens (including phenoxy) is 1. The van der Waals surface area contributed by atoms with Gasteiger partial charge in [-0.3, -0.25) is 9.48 Å². The van der Waals surface area contributed by atoms with Gasteiger partial charge in [0, 0.05) is 30.5 Å². The van der Waals surface area contributed by atoms with Gasteiger partial charge in [0.2, 0.25) is 0 Å². The molecule has 0 aromatic carbocycles. The lowest BCUT2D eigenvalue weighted by atomic mass is 10.1. The number of furan rings is 1. The first-order chi connectivity index (χ1) is 10.9. The maximum atomic E-state index is 12.5. The first-order valence-corrected chi connectivity index (χ1v) is 7.73. The first-order valence-electron chi connectivity index (χ1n) is 7.73. The molecule has 0 saturated carbocycles. The van der Waals surface area contributed by atoms with Gasteiger partial charge in [0.15, 0.2) is 0 Å². The fourth-order valence-electron chi connectivity index (χ4n) is 2.77. The van der Waals surface area contributed by atoms with Gasteiger partial charge in [0.05, 0.1) is 24.4 Å². The van der Waals surface area contributed by atoms with Crippen LogP contribution in [0, 0.1) is 34.6 Å². The van der Waals surface area contributed by atoms with Crippen LogP contribution < -0.4 is 5.32 Å². The molecular formula is C17H25N3O3. The zero-order valence-electron chi connectivity index (χ0n) is 14.7. The number of hydrogen-bond donors (Lipinski definition) is 1. The monoisotopic (exact) mass is 319 g/mol. The number of rotatable bonds is 6. The van der Waals surface area contributed by atoms with Gasteiger partial charge in [0.25, 0.3) is 5.91 Å². The minimum atomic E-state index is -0.111. The van der Waals surface area contributed by atoms with Crippen molar-refractivity contribution in [3.63, 3.8) is 0 Å². The van der Waals surface area contributed by atoms with E-state index < -0.39 is 0 Å². The van der Waals surface area contributed by atoms with Gasteiger partial charge in [-0.2, -0.15) is 5.10 Å². The average Bonchev–Trinajstić information content (AvgIpc) is 2.91. The summed E-state index contributed by atoms with van der Waals surface area (Å²) in [5.74, 6) is 1.33. The van der Waals surface area contributed by atoms with Crippen LogP contribution in [0.3, 0.4) is 0 Å². The molecule has 0 saturated heterocycles. The van der Waals surface area contributed by atoms with Gasteiger partial charge < -0.3 is 14.5 Å². The summed E-state index contributed by atoms with van der Waals surface area (Å²) in [4.78, 5) is 12.5. The Hall–Kier alpha value is -2.08. The Kier molecular flexibility index (Phi) is 5.26. The maximum absolute atomic E-state index is 12.5. The van der Waals surface area contributed by atoms with E-state index in [4.69, 9.17) is 9.15 Å². The van der Waals surface area contributed by atoms with Gasteiger partial charge >= 0.3 is 0 Å². The van der Waals surface area contributed by atoms with Crippen LogP contribution in [0.25, 0.3) is 0 Å². The highest BCUT2D eigenvalue weighted by Crippen LogP contribution is 2.21. The van der Waals surface area contributed by atoms with E-state index in [0.717, 1.165) is 28.3 Å². The van der Waals surface area contributed by atoms with E-state index in [2.05, 4.69) is 10.4 Å². The molecule has 0 radical (unpaired) electrons. The van der Waals surface area contributed by atoms with Gasteiger partial charge in [-0.15, -0.1) is 0 Å². The SMILES string of the molecule is COCCn1nc(C)c(CNC(=O)c2c(C)oc(C)c2C)c1C. The van der Waals surface area contributed by atoms with Crippen LogP contribution in [-0.2, 0) is 17.8 Å². The van der Waals surface area contributed by atoms with E-state index in [1.165, 1.54) is 0 Å². The zero-order valence-corrected chi connectivity index (χ0v) is 14.7. The number of carbonyl (C=O) groups is 1. The standard InChI is InChI=1S/C17H25N3O3/c1-10-13(4)23-14(5)16(10)17(21)18-9-15-11(2)19-20(12(15)3)7-8-22-6/h7-9H2,1-6H3,(H,18,21). The third-order valence-electron chi connectivity index (χ3n) is 4.25. The van der Waals surface area contributed by atoms with E-state index in [9.17, 15) is 4.79 Å². The lowest BCUT2D eigenvalue weighted by Crippen LogP contribution is -2.24. The maximum Gasteiger partial charge on any atom is 0.255 e. The summed E-state index contributed by atoms with van der Waals surface area (Å²) in [7, 11) is 1.67. The predicted octanol–water partition coefficient (Wildman–Crippen LogP) is 2.59. The molecular weight excluding hydrogens is 294 g/mol. The van der Waals surface area contributed by atoms with Crippen LogP contribution in [0.15, 0.2) is 4.42 Å². The molecule has 2 rings (SSSR count). The number of nitrogens with one attached hydrogen (secondary N) is 1. The van der Waals surface area contributed by atoms with Crippen molar-refractivity contribution in [1.29, 1.82) is 0 Å². The third-order valence-corrected chi connectivity index (χ3v) is 4.25. The van der Waals surface area contributed by atoms with Crippen LogP contribution >= 0.6 is 0 Å². The van der Waals surface area contributed by atoms with Crippen molar-refractivity contribution in [2.75, 3.05) is 13.7 Å². The number of hydrogen-bond acceptors (Lipinski definition) is 4. The Morgan fingerprint density at radius 1 is 1.22 bits per heavy atom. The highest BCUT2D eigenvalue weighted by atomic mass is 16.5. The van der Waals surface area contributed by atoms with Crippen LogP contribution in [0.1, 0.15) is 44.4 Å². The second-order valence-electron chi connectivity index (χ2n) is 5.76. The van der Waals surface area contributed by atoms with Crippen molar-refractivity contribution >= 4 is 5.91 Å². The molecule has 6 nitrogen and oxygen atoms in total.